The van der Waals surface area contributed by atoms with E-state index in [9.17, 15) is 0 Å². The van der Waals surface area contributed by atoms with Gasteiger partial charge in [-0.15, -0.1) is 11.3 Å². The number of hydrogen-bond donors (Lipinski definition) is 2. The van der Waals surface area contributed by atoms with Crippen LogP contribution in [0.15, 0.2) is 24.0 Å². The number of nitrogens with zero attached hydrogens (tertiary/aromatic N) is 2. The minimum atomic E-state index is 0.790. The van der Waals surface area contributed by atoms with Crippen LogP contribution in [0.4, 0.5) is 0 Å². The first-order valence-corrected chi connectivity index (χ1v) is 5.40. The molecule has 0 fully saturated rings. The van der Waals surface area contributed by atoms with Gasteiger partial charge in [0.15, 0.2) is 0 Å². The van der Waals surface area contributed by atoms with Crippen LogP contribution in [-0.4, -0.2) is 21.5 Å². The predicted octanol–water partition coefficient (Wildman–Crippen LogP) is 1.20. The molecule has 0 amide bonds. The fraction of sp³-hybridized carbons (Fsp3) is 0.333. The van der Waals surface area contributed by atoms with Crippen molar-refractivity contribution in [2.75, 3.05) is 6.54 Å². The molecule has 0 bridgehead atoms. The molecular formula is C9H12N4S. The van der Waals surface area contributed by atoms with Crippen molar-refractivity contribution in [2.45, 2.75) is 13.0 Å². The molecule has 14 heavy (non-hydrogen) atoms. The third kappa shape index (κ3) is 2.65. The lowest BCUT2D eigenvalue weighted by molar-refractivity contribution is 0.663. The van der Waals surface area contributed by atoms with Gasteiger partial charge in [-0.1, -0.05) is 0 Å². The van der Waals surface area contributed by atoms with Gasteiger partial charge in [-0.3, -0.25) is 0 Å². The topological polar surface area (TPSA) is 53.6 Å². The van der Waals surface area contributed by atoms with Crippen LogP contribution in [-0.2, 0) is 13.0 Å². The Bertz CT molecular complexity index is 305. The van der Waals surface area contributed by atoms with Gasteiger partial charge in [-0.2, -0.15) is 0 Å². The smallest absolute Gasteiger partial charge is 0.120 e. The van der Waals surface area contributed by atoms with Crippen molar-refractivity contribution in [3.63, 3.8) is 0 Å². The summed E-state index contributed by atoms with van der Waals surface area (Å²) in [5, 5.41) is 6.48. The van der Waals surface area contributed by atoms with Crippen molar-refractivity contribution in [2.24, 2.45) is 0 Å². The molecule has 4 nitrogen and oxygen atoms in total. The Hall–Kier alpha value is -1.20. The molecule has 0 aliphatic heterocycles. The van der Waals surface area contributed by atoms with E-state index in [-0.39, 0.29) is 0 Å². The van der Waals surface area contributed by atoms with E-state index in [1.54, 1.807) is 17.5 Å². The maximum atomic E-state index is 4.21. The molecule has 2 aromatic rings. The van der Waals surface area contributed by atoms with E-state index in [1.807, 2.05) is 17.8 Å². The predicted molar refractivity (Wildman–Crippen MR) is 56.1 cm³/mol. The van der Waals surface area contributed by atoms with Crippen LogP contribution < -0.4 is 5.32 Å². The van der Waals surface area contributed by atoms with Gasteiger partial charge in [0.1, 0.15) is 5.82 Å². The molecule has 0 atom stereocenters. The minimum Gasteiger partial charge on any atom is -0.348 e. The van der Waals surface area contributed by atoms with Crippen molar-refractivity contribution in [3.8, 4) is 0 Å². The lowest BCUT2D eigenvalue weighted by Gasteiger charge is -1.99. The molecule has 0 saturated heterocycles. The summed E-state index contributed by atoms with van der Waals surface area (Å²) in [6, 6.07) is 0. The minimum absolute atomic E-state index is 0.790. The Labute approximate surface area is 86.4 Å². The van der Waals surface area contributed by atoms with Gasteiger partial charge in [-0.25, -0.2) is 9.97 Å². The van der Waals surface area contributed by atoms with E-state index in [0.29, 0.717) is 0 Å². The fourth-order valence-corrected chi connectivity index (χ4v) is 1.79. The van der Waals surface area contributed by atoms with E-state index in [4.69, 9.17) is 0 Å². The normalized spacial score (nSPS) is 10.6. The number of H-pyrrole nitrogens is 1. The van der Waals surface area contributed by atoms with Crippen molar-refractivity contribution in [3.05, 3.63) is 34.8 Å². The summed E-state index contributed by atoms with van der Waals surface area (Å²) >= 11 is 1.70. The number of thiazole rings is 1. The first-order valence-electron chi connectivity index (χ1n) is 4.52. The van der Waals surface area contributed by atoms with Gasteiger partial charge < -0.3 is 10.3 Å². The highest BCUT2D eigenvalue weighted by Crippen LogP contribution is 2.03. The first kappa shape index (κ1) is 9.36. The van der Waals surface area contributed by atoms with Gasteiger partial charge in [0.25, 0.3) is 0 Å². The summed E-state index contributed by atoms with van der Waals surface area (Å²) in [5.41, 5.74) is 0. The summed E-state index contributed by atoms with van der Waals surface area (Å²) in [7, 11) is 0. The van der Waals surface area contributed by atoms with Gasteiger partial charge >= 0.3 is 0 Å². The first-order chi connectivity index (χ1) is 6.95. The number of hydrogen-bond acceptors (Lipinski definition) is 4. The number of aromatic nitrogens is 3. The van der Waals surface area contributed by atoms with Crippen LogP contribution in [0.3, 0.4) is 0 Å². The molecule has 0 aliphatic carbocycles. The second-order valence-corrected chi connectivity index (χ2v) is 3.87. The lowest BCUT2D eigenvalue weighted by Crippen LogP contribution is -2.17. The third-order valence-corrected chi connectivity index (χ3v) is 2.69. The zero-order valence-electron chi connectivity index (χ0n) is 7.73. The number of nitrogens with one attached hydrogen (secondary N) is 2. The third-order valence-electron chi connectivity index (χ3n) is 1.85. The standard InChI is InChI=1S/C9H12N4S/c1(9-13-5-6-14-9)2-10-7-8-11-3-4-12-8/h3-6,10H,1-2,7H2,(H,11,12). The molecule has 0 radical (unpaired) electrons. The van der Waals surface area contributed by atoms with E-state index in [1.165, 1.54) is 5.01 Å². The van der Waals surface area contributed by atoms with Crippen LogP contribution in [0.2, 0.25) is 0 Å². The Morgan fingerprint density at radius 3 is 3.07 bits per heavy atom. The maximum Gasteiger partial charge on any atom is 0.120 e. The Balaban J connectivity index is 1.65. The van der Waals surface area contributed by atoms with Crippen LogP contribution in [0, 0.1) is 0 Å². The molecule has 2 aromatic heterocycles. The highest BCUT2D eigenvalue weighted by Gasteiger charge is 1.96. The number of imidazole rings is 1. The summed E-state index contributed by atoms with van der Waals surface area (Å²) < 4.78 is 0. The lowest BCUT2D eigenvalue weighted by atomic mass is 10.4. The number of aromatic amines is 1. The van der Waals surface area contributed by atoms with Crippen LogP contribution in [0.25, 0.3) is 0 Å². The molecule has 0 spiro atoms. The summed E-state index contributed by atoms with van der Waals surface area (Å²) in [6.45, 7) is 1.73. The zero-order valence-corrected chi connectivity index (χ0v) is 8.55. The average molecular weight is 208 g/mol. The maximum absolute atomic E-state index is 4.21. The largest absolute Gasteiger partial charge is 0.348 e. The van der Waals surface area contributed by atoms with E-state index in [2.05, 4.69) is 20.3 Å². The summed E-state index contributed by atoms with van der Waals surface area (Å²) in [6.07, 6.45) is 6.42. The van der Waals surface area contributed by atoms with Gasteiger partial charge in [0, 0.05) is 36.9 Å². The molecular weight excluding hydrogens is 196 g/mol. The van der Waals surface area contributed by atoms with Crippen molar-refractivity contribution in [1.29, 1.82) is 0 Å². The zero-order chi connectivity index (χ0) is 9.64. The quantitative estimate of drug-likeness (QED) is 0.726. The molecule has 0 saturated carbocycles. The second kappa shape index (κ2) is 4.88. The van der Waals surface area contributed by atoms with E-state index < -0.39 is 0 Å². The van der Waals surface area contributed by atoms with Crippen LogP contribution >= 0.6 is 11.3 Å². The summed E-state index contributed by atoms with van der Waals surface area (Å²) in [4.78, 5) is 11.4. The van der Waals surface area contributed by atoms with Gasteiger partial charge in [-0.05, 0) is 0 Å². The highest BCUT2D eigenvalue weighted by atomic mass is 32.1. The van der Waals surface area contributed by atoms with Crippen molar-refractivity contribution in [1.82, 2.24) is 20.3 Å². The van der Waals surface area contributed by atoms with E-state index in [0.717, 1.165) is 25.3 Å². The molecule has 5 heteroatoms. The van der Waals surface area contributed by atoms with Crippen molar-refractivity contribution >= 4 is 11.3 Å². The van der Waals surface area contributed by atoms with Crippen LogP contribution in [0.1, 0.15) is 10.8 Å². The Morgan fingerprint density at radius 2 is 2.36 bits per heavy atom. The summed E-state index contributed by atoms with van der Waals surface area (Å²) in [5.74, 6) is 0.976. The molecule has 2 rings (SSSR count). The Kier molecular flexibility index (Phi) is 3.26. The monoisotopic (exact) mass is 208 g/mol. The second-order valence-electron chi connectivity index (χ2n) is 2.89. The highest BCUT2D eigenvalue weighted by molar-refractivity contribution is 7.09. The molecule has 0 unspecified atom stereocenters. The molecule has 0 aromatic carbocycles. The fourth-order valence-electron chi connectivity index (χ4n) is 1.17. The van der Waals surface area contributed by atoms with E-state index >= 15 is 0 Å². The Morgan fingerprint density at radius 1 is 1.36 bits per heavy atom. The molecule has 0 aliphatic rings. The molecule has 2 heterocycles. The van der Waals surface area contributed by atoms with Gasteiger partial charge in [0.05, 0.1) is 11.6 Å². The number of rotatable bonds is 5. The molecule has 74 valence electrons. The molecule has 2 N–H and O–H groups in total. The van der Waals surface area contributed by atoms with Crippen LogP contribution in [0.5, 0.6) is 0 Å². The van der Waals surface area contributed by atoms with Gasteiger partial charge in [0.2, 0.25) is 0 Å². The average Bonchev–Trinajstić information content (AvgIpc) is 2.86. The SMILES string of the molecule is c1c[nH]c(CNCCc2nccs2)n1. The van der Waals surface area contributed by atoms with Crippen molar-refractivity contribution < 1.29 is 0 Å².